The van der Waals surface area contributed by atoms with E-state index >= 15 is 0 Å². The first kappa shape index (κ1) is 20.7. The minimum atomic E-state index is -4.29. The maximum Gasteiger partial charge on any atom is 0.270 e. The van der Waals surface area contributed by atoms with E-state index in [-0.39, 0.29) is 22.8 Å². The van der Waals surface area contributed by atoms with Gasteiger partial charge in [-0.3, -0.25) is 9.59 Å². The standard InChI is InChI=1S/C21H20FNO5S/c1-4-5-20(25)23(29(26,27)17-9-6-15(22)7-10-17)16-8-11-19-18(12-16)21(13(2)24)14(3)28-19/h6-12H,4-5H2,1-3H3. The number of nitrogens with zero attached hydrogens (tertiary/aromatic N) is 1. The molecule has 0 saturated heterocycles. The molecule has 0 aliphatic carbocycles. The molecular formula is C21H20FNO5S. The van der Waals surface area contributed by atoms with Gasteiger partial charge in [-0.2, -0.15) is 0 Å². The van der Waals surface area contributed by atoms with Gasteiger partial charge in [-0.05, 0) is 62.7 Å². The summed E-state index contributed by atoms with van der Waals surface area (Å²) in [6.45, 7) is 4.79. The van der Waals surface area contributed by atoms with Crippen molar-refractivity contribution in [2.75, 3.05) is 4.31 Å². The third-order valence-corrected chi connectivity index (χ3v) is 6.24. The number of halogens is 1. The molecular weight excluding hydrogens is 397 g/mol. The van der Waals surface area contributed by atoms with Gasteiger partial charge in [0.2, 0.25) is 5.91 Å². The molecule has 8 heteroatoms. The van der Waals surface area contributed by atoms with E-state index < -0.39 is 21.7 Å². The number of amides is 1. The van der Waals surface area contributed by atoms with Crippen molar-refractivity contribution in [2.45, 2.75) is 38.5 Å². The van der Waals surface area contributed by atoms with Gasteiger partial charge in [0.1, 0.15) is 17.2 Å². The summed E-state index contributed by atoms with van der Waals surface area (Å²) in [4.78, 5) is 24.6. The number of fused-ring (bicyclic) bond motifs is 1. The maximum atomic E-state index is 13.3. The Bertz CT molecular complexity index is 1200. The predicted octanol–water partition coefficient (Wildman–Crippen LogP) is 4.60. The molecule has 0 fully saturated rings. The topological polar surface area (TPSA) is 84.7 Å². The van der Waals surface area contributed by atoms with Crippen molar-refractivity contribution in [2.24, 2.45) is 0 Å². The van der Waals surface area contributed by atoms with Crippen molar-refractivity contribution in [1.29, 1.82) is 0 Å². The second kappa shape index (κ2) is 7.79. The van der Waals surface area contributed by atoms with Crippen LogP contribution in [0.25, 0.3) is 11.0 Å². The molecule has 0 spiro atoms. The van der Waals surface area contributed by atoms with Crippen molar-refractivity contribution < 1.29 is 26.8 Å². The summed E-state index contributed by atoms with van der Waals surface area (Å²) in [5.74, 6) is -1.03. The van der Waals surface area contributed by atoms with Crippen molar-refractivity contribution >= 4 is 38.4 Å². The molecule has 1 aromatic heterocycles. The number of benzene rings is 2. The number of Topliss-reactive ketones (excluding diaryl/α,β-unsaturated/α-hetero) is 1. The molecule has 2 aromatic carbocycles. The zero-order valence-corrected chi connectivity index (χ0v) is 17.0. The molecule has 3 aromatic rings. The lowest BCUT2D eigenvalue weighted by Crippen LogP contribution is -2.36. The Labute approximate surface area is 168 Å². The Kier molecular flexibility index (Phi) is 5.57. The van der Waals surface area contributed by atoms with Gasteiger partial charge >= 0.3 is 0 Å². The molecule has 0 radical (unpaired) electrons. The Morgan fingerprint density at radius 2 is 1.76 bits per heavy atom. The molecule has 152 valence electrons. The molecule has 29 heavy (non-hydrogen) atoms. The smallest absolute Gasteiger partial charge is 0.270 e. The van der Waals surface area contributed by atoms with E-state index in [0.29, 0.717) is 33.0 Å². The van der Waals surface area contributed by atoms with E-state index in [2.05, 4.69) is 0 Å². The quantitative estimate of drug-likeness (QED) is 0.547. The van der Waals surface area contributed by atoms with Crippen LogP contribution < -0.4 is 4.31 Å². The number of sulfonamides is 1. The van der Waals surface area contributed by atoms with Gasteiger partial charge in [-0.25, -0.2) is 17.1 Å². The highest BCUT2D eigenvalue weighted by Gasteiger charge is 2.31. The van der Waals surface area contributed by atoms with E-state index in [1.807, 2.05) is 0 Å². The molecule has 0 aliphatic heterocycles. The van der Waals surface area contributed by atoms with Crippen LogP contribution in [-0.2, 0) is 14.8 Å². The van der Waals surface area contributed by atoms with Crippen molar-refractivity contribution in [3.8, 4) is 0 Å². The number of aryl methyl sites for hydroxylation is 1. The van der Waals surface area contributed by atoms with E-state index in [4.69, 9.17) is 4.42 Å². The molecule has 0 bridgehead atoms. The Balaban J connectivity index is 2.22. The molecule has 6 nitrogen and oxygen atoms in total. The fourth-order valence-corrected chi connectivity index (χ4v) is 4.66. The maximum absolute atomic E-state index is 13.3. The summed E-state index contributed by atoms with van der Waals surface area (Å²) < 4.78 is 46.0. The zero-order valence-electron chi connectivity index (χ0n) is 16.2. The van der Waals surface area contributed by atoms with E-state index in [9.17, 15) is 22.4 Å². The van der Waals surface area contributed by atoms with Crippen LogP contribution in [0.15, 0.2) is 51.8 Å². The van der Waals surface area contributed by atoms with Crippen LogP contribution >= 0.6 is 0 Å². The number of hydrogen-bond acceptors (Lipinski definition) is 5. The second-order valence-corrected chi connectivity index (χ2v) is 8.42. The molecule has 0 atom stereocenters. The number of hydrogen-bond donors (Lipinski definition) is 0. The number of rotatable bonds is 6. The minimum absolute atomic E-state index is 0.00242. The zero-order chi connectivity index (χ0) is 21.3. The fraction of sp³-hybridized carbons (Fsp3) is 0.238. The first-order chi connectivity index (χ1) is 13.7. The number of ketones is 1. The molecule has 0 N–H and O–H groups in total. The summed E-state index contributed by atoms with van der Waals surface area (Å²) in [7, 11) is -4.29. The van der Waals surface area contributed by atoms with Crippen LogP contribution in [0.4, 0.5) is 10.1 Å². The fourth-order valence-electron chi connectivity index (χ4n) is 3.22. The molecule has 1 amide bonds. The summed E-state index contributed by atoms with van der Waals surface area (Å²) in [6.07, 6.45) is 0.447. The van der Waals surface area contributed by atoms with Crippen molar-refractivity contribution in [1.82, 2.24) is 0 Å². The number of anilines is 1. The SMILES string of the molecule is CCCC(=O)N(c1ccc2oc(C)c(C(C)=O)c2c1)S(=O)(=O)c1ccc(F)cc1. The molecule has 3 rings (SSSR count). The van der Waals surface area contributed by atoms with Gasteiger partial charge in [0.15, 0.2) is 5.78 Å². The predicted molar refractivity (Wildman–Crippen MR) is 107 cm³/mol. The number of carbonyl (C=O) groups is 2. The van der Waals surface area contributed by atoms with Crippen LogP contribution in [0.1, 0.15) is 42.8 Å². The van der Waals surface area contributed by atoms with Gasteiger partial charge in [0.05, 0.1) is 16.1 Å². The van der Waals surface area contributed by atoms with Gasteiger partial charge in [-0.1, -0.05) is 6.92 Å². The average Bonchev–Trinajstić information content (AvgIpc) is 2.97. The third kappa shape index (κ3) is 3.80. The van der Waals surface area contributed by atoms with E-state index in [1.54, 1.807) is 13.8 Å². The lowest BCUT2D eigenvalue weighted by atomic mass is 10.1. The third-order valence-electron chi connectivity index (χ3n) is 4.48. The van der Waals surface area contributed by atoms with E-state index in [1.165, 1.54) is 25.1 Å². The lowest BCUT2D eigenvalue weighted by Gasteiger charge is -2.22. The first-order valence-electron chi connectivity index (χ1n) is 9.04. The van der Waals surface area contributed by atoms with Crippen molar-refractivity contribution in [3.05, 3.63) is 59.6 Å². The van der Waals surface area contributed by atoms with E-state index in [0.717, 1.165) is 24.3 Å². The van der Waals surface area contributed by atoms with Crippen LogP contribution in [0.2, 0.25) is 0 Å². The first-order valence-corrected chi connectivity index (χ1v) is 10.5. The average molecular weight is 417 g/mol. The summed E-state index contributed by atoms with van der Waals surface area (Å²) in [5, 5.41) is 0.427. The molecule has 0 aliphatic rings. The monoisotopic (exact) mass is 417 g/mol. The highest BCUT2D eigenvalue weighted by Crippen LogP contribution is 2.32. The van der Waals surface area contributed by atoms with Crippen LogP contribution in [0.5, 0.6) is 0 Å². The van der Waals surface area contributed by atoms with Gasteiger partial charge < -0.3 is 4.42 Å². The van der Waals surface area contributed by atoms with Crippen LogP contribution in [-0.4, -0.2) is 20.1 Å². The van der Waals surface area contributed by atoms with Crippen LogP contribution in [0.3, 0.4) is 0 Å². The van der Waals surface area contributed by atoms with Crippen LogP contribution in [0, 0.1) is 12.7 Å². The normalized spacial score (nSPS) is 11.6. The number of carbonyl (C=O) groups excluding carboxylic acids is 2. The largest absolute Gasteiger partial charge is 0.461 e. The highest BCUT2D eigenvalue weighted by atomic mass is 32.2. The Morgan fingerprint density at radius 1 is 1.10 bits per heavy atom. The molecule has 0 unspecified atom stereocenters. The Hall–Kier alpha value is -3.00. The van der Waals surface area contributed by atoms with Crippen molar-refractivity contribution in [3.63, 3.8) is 0 Å². The summed E-state index contributed by atoms with van der Waals surface area (Å²) in [6, 6.07) is 8.69. The molecule has 1 heterocycles. The lowest BCUT2D eigenvalue weighted by molar-refractivity contribution is -0.117. The highest BCUT2D eigenvalue weighted by molar-refractivity contribution is 7.93. The summed E-state index contributed by atoms with van der Waals surface area (Å²) in [5.41, 5.74) is 0.839. The minimum Gasteiger partial charge on any atom is -0.461 e. The number of furan rings is 1. The van der Waals surface area contributed by atoms with Gasteiger partial charge in [-0.15, -0.1) is 0 Å². The second-order valence-electron chi connectivity index (χ2n) is 6.64. The summed E-state index contributed by atoms with van der Waals surface area (Å²) >= 11 is 0. The Morgan fingerprint density at radius 3 is 2.34 bits per heavy atom. The molecule has 0 saturated carbocycles. The van der Waals surface area contributed by atoms with Gasteiger partial charge in [0, 0.05) is 11.8 Å². The van der Waals surface area contributed by atoms with Gasteiger partial charge in [0.25, 0.3) is 10.0 Å².